The fourth-order valence-corrected chi connectivity index (χ4v) is 14.3. The molecule has 8 rings (SSSR count). The summed E-state index contributed by atoms with van der Waals surface area (Å²) in [4.78, 5) is 0. The van der Waals surface area contributed by atoms with Gasteiger partial charge < -0.3 is 21.3 Å². The van der Waals surface area contributed by atoms with E-state index in [1.807, 2.05) is 0 Å². The molecule has 0 atom stereocenters. The Morgan fingerprint density at radius 1 is 0.147 bits per heavy atom. The second-order valence-electron chi connectivity index (χ2n) is 30.2. The van der Waals surface area contributed by atoms with Gasteiger partial charge in [-0.1, -0.05) is 331 Å². The number of hydrogen-bond donors (Lipinski definition) is 4. The monoisotopic (exact) mass is 1370 g/mol. The lowest BCUT2D eigenvalue weighted by atomic mass is 9.99. The highest BCUT2D eigenvalue weighted by Gasteiger charge is 2.10. The highest BCUT2D eigenvalue weighted by atomic mass is 14.9. The van der Waals surface area contributed by atoms with Gasteiger partial charge in [-0.15, -0.1) is 0 Å². The Kier molecular flexibility index (Phi) is 41.9. The number of benzene rings is 8. The maximum Gasteiger partial charge on any atom is 0.0407 e. The van der Waals surface area contributed by atoms with E-state index in [-0.39, 0.29) is 0 Å². The van der Waals surface area contributed by atoms with Gasteiger partial charge >= 0.3 is 0 Å². The largest absolute Gasteiger partial charge is 0.355 e. The van der Waals surface area contributed by atoms with E-state index >= 15 is 0 Å². The third-order valence-corrected chi connectivity index (χ3v) is 20.7. The summed E-state index contributed by atoms with van der Waals surface area (Å²) in [6.45, 7) is 13.6. The smallest absolute Gasteiger partial charge is 0.0407 e. The molecule has 8 aromatic rings. The van der Waals surface area contributed by atoms with Crippen LogP contribution in [-0.4, -0.2) is 0 Å². The molecule has 0 amide bonds. The summed E-state index contributed by atoms with van der Waals surface area (Å²) in [5.74, 6) is 0. The van der Waals surface area contributed by atoms with Crippen LogP contribution >= 0.6 is 0 Å². The summed E-state index contributed by atoms with van der Waals surface area (Å²) in [5, 5.41) is 14.9. The lowest BCUT2D eigenvalue weighted by molar-refractivity contribution is 0.556. The lowest BCUT2D eigenvalue weighted by Crippen LogP contribution is -1.98. The maximum absolute atomic E-state index is 3.78. The van der Waals surface area contributed by atoms with E-state index in [0.717, 1.165) is 71.2 Å². The number of rotatable bonds is 54. The molecule has 0 bridgehead atoms. The zero-order valence-electron chi connectivity index (χ0n) is 65.4. The Balaban J connectivity index is 0.000000318. The van der Waals surface area contributed by atoms with Gasteiger partial charge in [-0.3, -0.25) is 0 Å². The summed E-state index contributed by atoms with van der Waals surface area (Å²) in [5.41, 5.74) is 23.0. The molecular weight excluding hydrogens is 1230 g/mol. The van der Waals surface area contributed by atoms with Gasteiger partial charge in [0.25, 0.3) is 0 Å². The number of hydrogen-bond acceptors (Lipinski definition) is 4. The van der Waals surface area contributed by atoms with Crippen molar-refractivity contribution in [3.63, 3.8) is 0 Å². The van der Waals surface area contributed by atoms with Crippen LogP contribution in [0.1, 0.15) is 328 Å². The van der Waals surface area contributed by atoms with E-state index in [9.17, 15) is 0 Å². The molecule has 0 radical (unpaired) electrons. The molecule has 0 aliphatic rings. The quantitative estimate of drug-likeness (QED) is 0.0287. The van der Waals surface area contributed by atoms with Gasteiger partial charge in [-0.05, 0) is 230 Å². The first-order valence-electron chi connectivity index (χ1n) is 42.2. The first kappa shape index (κ1) is 82.2. The van der Waals surface area contributed by atoms with E-state index in [1.165, 1.54) is 312 Å². The minimum atomic E-state index is 0.907. The second kappa shape index (κ2) is 52.0. The van der Waals surface area contributed by atoms with E-state index in [4.69, 9.17) is 0 Å². The minimum Gasteiger partial charge on any atom is -0.355 e. The number of nitrogens with one attached hydrogen (secondary N) is 4. The maximum atomic E-state index is 3.78. The summed E-state index contributed by atoms with van der Waals surface area (Å²) >= 11 is 0. The SMILES string of the molecule is CCCCCCCCCCCCc1ccc(Cc2cc(Nc3ccc(CCCCCCCCCCCC)cc3)cc(Nc3ccc(CCCCCCCCCCCC)cc3)c2)cc1.CCCCc1ccc(Cc2cc(Nc3ccc(CCCC)cc3)cc(Nc3ccc(CCCC)cc3)c2)cc1. The fourth-order valence-electron chi connectivity index (χ4n) is 14.3. The van der Waals surface area contributed by atoms with Gasteiger partial charge in [-0.25, -0.2) is 0 Å². The molecule has 4 nitrogen and oxygen atoms in total. The molecule has 4 N–H and O–H groups in total. The Morgan fingerprint density at radius 2 is 0.314 bits per heavy atom. The molecule has 0 fully saturated rings. The third kappa shape index (κ3) is 35.4. The van der Waals surface area contributed by atoms with Crippen LogP contribution in [0.2, 0.25) is 0 Å². The predicted octanol–water partition coefficient (Wildman–Crippen LogP) is 30.9. The Bertz CT molecular complexity index is 2980. The van der Waals surface area contributed by atoms with Gasteiger partial charge in [0, 0.05) is 45.5 Å². The van der Waals surface area contributed by atoms with Crippen LogP contribution in [0.4, 0.5) is 45.5 Å². The van der Waals surface area contributed by atoms with Gasteiger partial charge in [-0.2, -0.15) is 0 Å². The number of aryl methyl sites for hydroxylation is 6. The first-order chi connectivity index (χ1) is 50.3. The molecular formula is C98H140N4. The van der Waals surface area contributed by atoms with Crippen LogP contribution in [0.25, 0.3) is 0 Å². The van der Waals surface area contributed by atoms with Crippen LogP contribution in [0, 0.1) is 0 Å². The minimum absolute atomic E-state index is 0.907. The van der Waals surface area contributed by atoms with Crippen molar-refractivity contribution in [2.45, 2.75) is 324 Å². The Hall–Kier alpha value is -7.04. The van der Waals surface area contributed by atoms with Crippen molar-refractivity contribution in [2.75, 3.05) is 21.3 Å². The molecule has 0 saturated carbocycles. The standard InChI is InChI=1S/C61H94N2.C37H46N2/c1-4-7-10-13-16-19-22-25-28-31-34-53-37-39-56(40-38-53)49-57-50-60(62-58-45-41-54(42-46-58)35-32-29-26-23-20-17-14-11-8-5-2)52-61(51-57)63-59-47-43-55(44-48-59)36-33-30-27-24-21-18-15-12-9-6-3;1-4-7-10-29-13-15-32(16-14-29)25-33-26-36(38-34-21-17-30(18-22-34)11-8-5-2)28-37(27-33)39-35-23-19-31(20-24-35)12-9-6-3/h37-48,50-52,62-63H,4-36,49H2,1-3H3;13-24,26-28,38-39H,4-12,25H2,1-3H3. The Morgan fingerprint density at radius 3 is 0.520 bits per heavy atom. The number of anilines is 8. The molecule has 8 aromatic carbocycles. The zero-order valence-corrected chi connectivity index (χ0v) is 65.4. The average Bonchev–Trinajstić information content (AvgIpc) is 0.843. The third-order valence-electron chi connectivity index (χ3n) is 20.7. The number of unbranched alkanes of at least 4 members (excludes halogenated alkanes) is 30. The topological polar surface area (TPSA) is 48.1 Å². The van der Waals surface area contributed by atoms with Gasteiger partial charge in [0.05, 0.1) is 0 Å². The Labute approximate surface area is 624 Å². The van der Waals surface area contributed by atoms with Crippen molar-refractivity contribution < 1.29 is 0 Å². The van der Waals surface area contributed by atoms with Gasteiger partial charge in [0.2, 0.25) is 0 Å². The van der Waals surface area contributed by atoms with Crippen LogP contribution in [0.5, 0.6) is 0 Å². The van der Waals surface area contributed by atoms with Crippen molar-refractivity contribution in [1.29, 1.82) is 0 Å². The van der Waals surface area contributed by atoms with E-state index in [0.29, 0.717) is 0 Å². The summed E-state index contributed by atoms with van der Waals surface area (Å²) in [6.07, 6.45) is 57.9. The molecule has 0 saturated heterocycles. The van der Waals surface area contributed by atoms with E-state index in [1.54, 1.807) is 0 Å². The summed E-state index contributed by atoms with van der Waals surface area (Å²) in [6, 6.07) is 68.6. The molecule has 4 heteroatoms. The van der Waals surface area contributed by atoms with Crippen molar-refractivity contribution in [2.24, 2.45) is 0 Å². The zero-order chi connectivity index (χ0) is 71.5. The average molecular weight is 1370 g/mol. The van der Waals surface area contributed by atoms with E-state index < -0.39 is 0 Å². The lowest BCUT2D eigenvalue weighted by Gasteiger charge is -2.15. The van der Waals surface area contributed by atoms with Crippen LogP contribution < -0.4 is 21.3 Å². The van der Waals surface area contributed by atoms with Gasteiger partial charge in [0.1, 0.15) is 0 Å². The van der Waals surface area contributed by atoms with Crippen molar-refractivity contribution in [1.82, 2.24) is 0 Å². The predicted molar refractivity (Wildman–Crippen MR) is 453 cm³/mol. The molecule has 0 aliphatic carbocycles. The van der Waals surface area contributed by atoms with Crippen LogP contribution in [0.15, 0.2) is 182 Å². The molecule has 0 heterocycles. The van der Waals surface area contributed by atoms with Crippen LogP contribution in [-0.2, 0) is 51.4 Å². The first-order valence-corrected chi connectivity index (χ1v) is 42.2. The van der Waals surface area contributed by atoms with E-state index in [2.05, 4.69) is 245 Å². The van der Waals surface area contributed by atoms with Crippen LogP contribution in [0.3, 0.4) is 0 Å². The van der Waals surface area contributed by atoms with Crippen molar-refractivity contribution in [3.8, 4) is 0 Å². The summed E-state index contributed by atoms with van der Waals surface area (Å²) in [7, 11) is 0. The van der Waals surface area contributed by atoms with Crippen molar-refractivity contribution in [3.05, 3.63) is 238 Å². The second-order valence-corrected chi connectivity index (χ2v) is 30.2. The molecule has 0 spiro atoms. The molecule has 552 valence electrons. The summed E-state index contributed by atoms with van der Waals surface area (Å²) < 4.78 is 0. The highest BCUT2D eigenvalue weighted by molar-refractivity contribution is 5.72. The molecule has 102 heavy (non-hydrogen) atoms. The van der Waals surface area contributed by atoms with Gasteiger partial charge in [0.15, 0.2) is 0 Å². The normalized spacial score (nSPS) is 11.2. The molecule has 0 aromatic heterocycles. The molecule has 0 unspecified atom stereocenters. The highest BCUT2D eigenvalue weighted by Crippen LogP contribution is 2.31. The fraction of sp³-hybridized carbons (Fsp3) is 0.510. The van der Waals surface area contributed by atoms with Crippen molar-refractivity contribution >= 4 is 45.5 Å². The molecule has 0 aliphatic heterocycles.